The fourth-order valence-corrected chi connectivity index (χ4v) is 2.35. The van der Waals surface area contributed by atoms with Crippen LogP contribution in [0.3, 0.4) is 0 Å². The molecule has 0 spiro atoms. The lowest BCUT2D eigenvalue weighted by atomic mass is 10.0. The van der Waals surface area contributed by atoms with E-state index in [4.69, 9.17) is 14.2 Å². The van der Waals surface area contributed by atoms with Crippen LogP contribution in [-0.2, 0) is 20.8 Å². The number of amides is 1. The van der Waals surface area contributed by atoms with Crippen molar-refractivity contribution in [3.05, 3.63) is 71.8 Å². The molecule has 24 heavy (non-hydrogen) atoms. The Morgan fingerprint density at radius 1 is 0.958 bits per heavy atom. The van der Waals surface area contributed by atoms with Crippen LogP contribution in [0.1, 0.15) is 23.6 Å². The zero-order valence-corrected chi connectivity index (χ0v) is 14.0. The minimum Gasteiger partial charge on any atom is -0.445 e. The average Bonchev–Trinajstić information content (AvgIpc) is 2.65. The van der Waals surface area contributed by atoms with Crippen molar-refractivity contribution in [3.63, 3.8) is 0 Å². The van der Waals surface area contributed by atoms with Crippen LogP contribution in [0.4, 0.5) is 4.79 Å². The molecule has 0 heterocycles. The second-order valence-corrected chi connectivity index (χ2v) is 5.31. The number of rotatable bonds is 8. The maximum absolute atomic E-state index is 12.1. The number of carbonyl (C=O) groups excluding carboxylic acids is 1. The Hall–Kier alpha value is -2.37. The second-order valence-electron chi connectivity index (χ2n) is 5.31. The lowest BCUT2D eigenvalue weighted by molar-refractivity contribution is -0.110. The molecule has 0 aliphatic carbocycles. The minimum atomic E-state index is -0.473. The molecule has 0 radical (unpaired) electrons. The Morgan fingerprint density at radius 3 is 2.12 bits per heavy atom. The molecule has 1 amide bonds. The van der Waals surface area contributed by atoms with E-state index in [1.807, 2.05) is 60.7 Å². The third-order valence-corrected chi connectivity index (χ3v) is 3.66. The largest absolute Gasteiger partial charge is 0.445 e. The van der Waals surface area contributed by atoms with Crippen LogP contribution in [0.5, 0.6) is 0 Å². The Kier molecular flexibility index (Phi) is 7.26. The highest BCUT2D eigenvalue weighted by Gasteiger charge is 2.20. The zero-order valence-electron chi connectivity index (χ0n) is 14.0. The summed E-state index contributed by atoms with van der Waals surface area (Å²) in [5.74, 6) is 0. The molecule has 0 fully saturated rings. The van der Waals surface area contributed by atoms with Crippen molar-refractivity contribution >= 4 is 6.09 Å². The number of hydrogen-bond donors (Lipinski definition) is 1. The van der Waals surface area contributed by atoms with Crippen LogP contribution in [0.15, 0.2) is 60.7 Å². The predicted molar refractivity (Wildman–Crippen MR) is 91.4 cm³/mol. The Bertz CT molecular complexity index is 599. The summed E-state index contributed by atoms with van der Waals surface area (Å²) in [7, 11) is 3.15. The summed E-state index contributed by atoms with van der Waals surface area (Å²) in [4.78, 5) is 12.1. The van der Waals surface area contributed by atoms with E-state index in [1.54, 1.807) is 14.2 Å². The van der Waals surface area contributed by atoms with Crippen molar-refractivity contribution in [2.75, 3.05) is 14.2 Å². The van der Waals surface area contributed by atoms with Crippen molar-refractivity contribution in [1.29, 1.82) is 0 Å². The number of hydrogen-bond acceptors (Lipinski definition) is 4. The molecule has 128 valence electrons. The molecule has 1 unspecified atom stereocenters. The quantitative estimate of drug-likeness (QED) is 0.751. The number of ether oxygens (including phenoxy) is 3. The van der Waals surface area contributed by atoms with E-state index < -0.39 is 12.4 Å². The van der Waals surface area contributed by atoms with Gasteiger partial charge in [0.05, 0.1) is 6.04 Å². The van der Waals surface area contributed by atoms with Crippen LogP contribution < -0.4 is 5.32 Å². The molecule has 0 aromatic heterocycles. The van der Waals surface area contributed by atoms with E-state index in [9.17, 15) is 4.79 Å². The number of methoxy groups -OCH3 is 2. The van der Waals surface area contributed by atoms with Gasteiger partial charge in [0.15, 0.2) is 6.29 Å². The topological polar surface area (TPSA) is 56.8 Å². The van der Waals surface area contributed by atoms with Gasteiger partial charge in [0.1, 0.15) is 6.61 Å². The van der Waals surface area contributed by atoms with Crippen LogP contribution in [0.25, 0.3) is 0 Å². The number of nitrogens with one attached hydrogen (secondary N) is 1. The lowest BCUT2D eigenvalue weighted by Gasteiger charge is -2.23. The van der Waals surface area contributed by atoms with E-state index in [0.29, 0.717) is 6.42 Å². The van der Waals surface area contributed by atoms with Crippen molar-refractivity contribution in [2.45, 2.75) is 25.4 Å². The van der Waals surface area contributed by atoms with Crippen molar-refractivity contribution < 1.29 is 19.0 Å². The molecular weight excluding hydrogens is 306 g/mol. The molecule has 2 rings (SSSR count). The van der Waals surface area contributed by atoms with Gasteiger partial charge >= 0.3 is 6.09 Å². The first-order chi connectivity index (χ1) is 11.7. The second kappa shape index (κ2) is 9.70. The Balaban J connectivity index is 1.97. The molecule has 0 saturated heterocycles. The van der Waals surface area contributed by atoms with Gasteiger partial charge in [-0.3, -0.25) is 0 Å². The van der Waals surface area contributed by atoms with Crippen LogP contribution in [0.2, 0.25) is 0 Å². The van der Waals surface area contributed by atoms with E-state index in [2.05, 4.69) is 5.32 Å². The normalized spacial score (nSPS) is 12.0. The summed E-state index contributed by atoms with van der Waals surface area (Å²) in [5, 5.41) is 2.88. The first-order valence-corrected chi connectivity index (χ1v) is 7.80. The third-order valence-electron chi connectivity index (χ3n) is 3.66. The van der Waals surface area contributed by atoms with Gasteiger partial charge in [-0.1, -0.05) is 60.7 Å². The maximum atomic E-state index is 12.1. The number of benzene rings is 2. The first kappa shape index (κ1) is 18.0. The molecule has 0 saturated carbocycles. The predicted octanol–water partition coefficient (Wildman–Crippen LogP) is 3.66. The molecule has 2 aromatic rings. The van der Waals surface area contributed by atoms with Gasteiger partial charge in [0, 0.05) is 20.6 Å². The molecule has 1 atom stereocenters. The van der Waals surface area contributed by atoms with Gasteiger partial charge in [-0.2, -0.15) is 0 Å². The summed E-state index contributed by atoms with van der Waals surface area (Å²) in [5.41, 5.74) is 1.91. The fourth-order valence-electron chi connectivity index (χ4n) is 2.35. The molecule has 5 heteroatoms. The summed E-state index contributed by atoms with van der Waals surface area (Å²) in [6.07, 6.45) is -0.402. The van der Waals surface area contributed by atoms with E-state index in [0.717, 1.165) is 11.1 Å². The molecule has 2 aromatic carbocycles. The molecule has 5 nitrogen and oxygen atoms in total. The Labute approximate surface area is 142 Å². The monoisotopic (exact) mass is 329 g/mol. The average molecular weight is 329 g/mol. The van der Waals surface area contributed by atoms with Gasteiger partial charge < -0.3 is 19.5 Å². The maximum Gasteiger partial charge on any atom is 0.407 e. The number of alkyl carbamates (subject to hydrolysis) is 1. The van der Waals surface area contributed by atoms with Crippen LogP contribution in [0, 0.1) is 0 Å². The van der Waals surface area contributed by atoms with Gasteiger partial charge in [-0.15, -0.1) is 0 Å². The van der Waals surface area contributed by atoms with Gasteiger partial charge in [0.2, 0.25) is 0 Å². The van der Waals surface area contributed by atoms with Crippen molar-refractivity contribution in [1.82, 2.24) is 5.32 Å². The minimum absolute atomic E-state index is 0.228. The van der Waals surface area contributed by atoms with Crippen molar-refractivity contribution in [2.24, 2.45) is 0 Å². The highest BCUT2D eigenvalue weighted by molar-refractivity contribution is 5.68. The first-order valence-electron chi connectivity index (χ1n) is 7.80. The molecule has 0 aliphatic heterocycles. The highest BCUT2D eigenvalue weighted by atomic mass is 16.7. The molecule has 0 bridgehead atoms. The van der Waals surface area contributed by atoms with Gasteiger partial charge in [-0.25, -0.2) is 4.79 Å². The van der Waals surface area contributed by atoms with E-state index in [1.165, 1.54) is 0 Å². The van der Waals surface area contributed by atoms with Gasteiger partial charge in [-0.05, 0) is 11.1 Å². The smallest absolute Gasteiger partial charge is 0.407 e. The summed E-state index contributed by atoms with van der Waals surface area (Å²) < 4.78 is 15.8. The Morgan fingerprint density at radius 2 is 1.54 bits per heavy atom. The van der Waals surface area contributed by atoms with Crippen molar-refractivity contribution in [3.8, 4) is 0 Å². The van der Waals surface area contributed by atoms with Gasteiger partial charge in [0.25, 0.3) is 0 Å². The molecular formula is C19H23NO4. The zero-order chi connectivity index (χ0) is 17.2. The van der Waals surface area contributed by atoms with Crippen LogP contribution >= 0.6 is 0 Å². The SMILES string of the molecule is COC(CC(NC(=O)OCc1ccccc1)c1ccccc1)OC. The standard InChI is InChI=1S/C19H23NO4/c1-22-18(23-2)13-17(16-11-7-4-8-12-16)20-19(21)24-14-15-9-5-3-6-10-15/h3-12,17-18H,13-14H2,1-2H3,(H,20,21). The highest BCUT2D eigenvalue weighted by Crippen LogP contribution is 2.20. The number of carbonyl (C=O) groups is 1. The van der Waals surface area contributed by atoms with Crippen LogP contribution in [-0.4, -0.2) is 26.6 Å². The van der Waals surface area contributed by atoms with E-state index in [-0.39, 0.29) is 12.6 Å². The van der Waals surface area contributed by atoms with E-state index >= 15 is 0 Å². The lowest BCUT2D eigenvalue weighted by Crippen LogP contribution is -2.32. The molecule has 1 N–H and O–H groups in total. The fraction of sp³-hybridized carbons (Fsp3) is 0.316. The summed E-state index contributed by atoms with van der Waals surface area (Å²) >= 11 is 0. The third kappa shape index (κ3) is 5.68. The summed E-state index contributed by atoms with van der Waals surface area (Å²) in [6.45, 7) is 0.228. The molecule has 0 aliphatic rings. The summed E-state index contributed by atoms with van der Waals surface area (Å²) in [6, 6.07) is 19.0.